The monoisotopic (exact) mass is 575 g/mol. The van der Waals surface area contributed by atoms with E-state index in [9.17, 15) is 14.9 Å². The van der Waals surface area contributed by atoms with Crippen molar-refractivity contribution in [2.45, 2.75) is 50.2 Å². The van der Waals surface area contributed by atoms with Gasteiger partial charge in [-0.3, -0.25) is 19.8 Å². The number of carbonyl (C=O) groups is 1. The molecule has 0 saturated carbocycles. The summed E-state index contributed by atoms with van der Waals surface area (Å²) in [6.45, 7) is 0.921. The second-order valence-corrected chi connectivity index (χ2v) is 10.7. The van der Waals surface area contributed by atoms with Crippen molar-refractivity contribution < 1.29 is 28.7 Å². The third-order valence-corrected chi connectivity index (χ3v) is 8.52. The van der Waals surface area contributed by atoms with E-state index in [-0.39, 0.29) is 17.6 Å². The largest absolute Gasteiger partial charge is 0.493 e. The number of nitrogens with zero attached hydrogens (tertiary/aromatic N) is 3. The normalized spacial score (nSPS) is 19.7. The molecule has 5 rings (SSSR count). The summed E-state index contributed by atoms with van der Waals surface area (Å²) in [4.78, 5) is 29.2. The topological polar surface area (TPSA) is 104 Å². The van der Waals surface area contributed by atoms with Crippen molar-refractivity contribution >= 4 is 17.3 Å². The van der Waals surface area contributed by atoms with E-state index < -0.39 is 4.92 Å². The first-order valence-corrected chi connectivity index (χ1v) is 14.1. The van der Waals surface area contributed by atoms with E-state index in [2.05, 4.69) is 11.0 Å². The highest BCUT2D eigenvalue weighted by molar-refractivity contribution is 6.06. The Hall–Kier alpha value is -4.31. The smallest absolute Gasteiger partial charge is 0.269 e. The number of rotatable bonds is 11. The Morgan fingerprint density at radius 1 is 0.833 bits per heavy atom. The number of ether oxygens (including phenoxy) is 4. The molecule has 10 nitrogen and oxygen atoms in total. The van der Waals surface area contributed by atoms with Crippen molar-refractivity contribution in [1.82, 2.24) is 4.90 Å². The third-order valence-electron chi connectivity index (χ3n) is 8.52. The zero-order valence-electron chi connectivity index (χ0n) is 24.4. The second kappa shape index (κ2) is 12.7. The molecule has 222 valence electrons. The first-order chi connectivity index (χ1) is 20.4. The van der Waals surface area contributed by atoms with E-state index in [1.807, 2.05) is 29.2 Å². The van der Waals surface area contributed by atoms with Crippen molar-refractivity contribution in [3.05, 3.63) is 81.9 Å². The molecule has 2 heterocycles. The summed E-state index contributed by atoms with van der Waals surface area (Å²) in [7, 11) is 6.43. The number of anilines is 1. The molecule has 1 amide bonds. The summed E-state index contributed by atoms with van der Waals surface area (Å²) < 4.78 is 21.9. The van der Waals surface area contributed by atoms with Crippen LogP contribution in [0.5, 0.6) is 23.0 Å². The van der Waals surface area contributed by atoms with Gasteiger partial charge in [-0.05, 0) is 74.1 Å². The number of amides is 1. The fourth-order valence-electron chi connectivity index (χ4n) is 6.45. The van der Waals surface area contributed by atoms with Crippen molar-refractivity contribution in [3.63, 3.8) is 0 Å². The van der Waals surface area contributed by atoms with E-state index in [0.29, 0.717) is 34.8 Å². The molecule has 3 aromatic rings. The van der Waals surface area contributed by atoms with E-state index in [1.54, 1.807) is 34.5 Å². The summed E-state index contributed by atoms with van der Waals surface area (Å²) in [5, 5.41) is 11.2. The number of piperidine rings is 1. The van der Waals surface area contributed by atoms with Crippen LogP contribution in [0.3, 0.4) is 0 Å². The van der Waals surface area contributed by atoms with E-state index in [0.717, 1.165) is 50.1 Å². The molecule has 2 bridgehead atoms. The highest BCUT2D eigenvalue weighted by Gasteiger charge is 2.43. The van der Waals surface area contributed by atoms with Gasteiger partial charge >= 0.3 is 0 Å². The number of benzene rings is 3. The van der Waals surface area contributed by atoms with Crippen LogP contribution < -0.4 is 23.8 Å². The zero-order valence-corrected chi connectivity index (χ0v) is 24.4. The lowest BCUT2D eigenvalue weighted by molar-refractivity contribution is -0.384. The number of nitro groups is 1. The van der Waals surface area contributed by atoms with Gasteiger partial charge in [0.1, 0.15) is 0 Å². The van der Waals surface area contributed by atoms with Crippen LogP contribution in [0.4, 0.5) is 11.4 Å². The Balaban J connectivity index is 1.38. The summed E-state index contributed by atoms with van der Waals surface area (Å²) in [5.74, 6) is 2.36. The fourth-order valence-corrected chi connectivity index (χ4v) is 6.45. The molecule has 2 unspecified atom stereocenters. The highest BCUT2D eigenvalue weighted by atomic mass is 16.6. The zero-order chi connectivity index (χ0) is 29.8. The molecule has 3 aromatic carbocycles. The molecule has 0 aromatic heterocycles. The van der Waals surface area contributed by atoms with Gasteiger partial charge in [0.2, 0.25) is 0 Å². The van der Waals surface area contributed by atoms with Crippen LogP contribution in [0, 0.1) is 10.1 Å². The van der Waals surface area contributed by atoms with Crippen LogP contribution in [-0.2, 0) is 6.42 Å². The van der Waals surface area contributed by atoms with Gasteiger partial charge in [-0.1, -0.05) is 6.07 Å². The van der Waals surface area contributed by atoms with Gasteiger partial charge in [-0.25, -0.2) is 0 Å². The van der Waals surface area contributed by atoms with Crippen LogP contribution in [0.15, 0.2) is 60.7 Å². The Labute approximate surface area is 245 Å². The molecule has 2 aliphatic rings. The van der Waals surface area contributed by atoms with E-state index in [4.69, 9.17) is 18.9 Å². The molecule has 0 radical (unpaired) electrons. The third kappa shape index (κ3) is 5.85. The number of fused-ring (bicyclic) bond motifs is 2. The van der Waals surface area contributed by atoms with Crippen molar-refractivity contribution in [2.24, 2.45) is 0 Å². The summed E-state index contributed by atoms with van der Waals surface area (Å²) in [5.41, 5.74) is 2.25. The molecular weight excluding hydrogens is 538 g/mol. The van der Waals surface area contributed by atoms with Gasteiger partial charge in [0.15, 0.2) is 23.0 Å². The second-order valence-electron chi connectivity index (χ2n) is 10.7. The molecule has 10 heteroatoms. The quantitative estimate of drug-likeness (QED) is 0.218. The standard InChI is InChI=1S/C32H37N3O7/c1-39-28-13-5-21(17-30(28)41-3)15-16-33-24-10-11-25(33)19-27(18-24)34(26-12-14-29(40-2)31(20-26)42-4)32(36)22-6-8-23(9-7-22)35(37)38/h5-9,12-14,17,20,24-25,27H,10-11,15-16,18-19H2,1-4H3. The average Bonchev–Trinajstić information content (AvgIpc) is 3.26. The molecule has 2 aliphatic heterocycles. The Bertz CT molecular complexity index is 1410. The maximum Gasteiger partial charge on any atom is 0.269 e. The Kier molecular flexibility index (Phi) is 8.82. The van der Waals surface area contributed by atoms with Crippen molar-refractivity contribution in [3.8, 4) is 23.0 Å². The van der Waals surface area contributed by atoms with Crippen LogP contribution in [-0.4, -0.2) is 68.8 Å². The first kappa shape index (κ1) is 29.2. The molecule has 0 aliphatic carbocycles. The SMILES string of the molecule is COc1ccc(CCN2C3CCC2CC(N(C(=O)c2ccc([N+](=O)[O-])cc2)c2ccc(OC)c(OC)c2)C3)cc1OC. The average molecular weight is 576 g/mol. The van der Waals surface area contributed by atoms with Crippen LogP contribution in [0.25, 0.3) is 0 Å². The number of carbonyl (C=O) groups excluding carboxylic acids is 1. The van der Waals surface area contributed by atoms with Crippen molar-refractivity contribution in [2.75, 3.05) is 39.9 Å². The minimum absolute atomic E-state index is 0.0411. The molecule has 2 fully saturated rings. The molecule has 0 spiro atoms. The van der Waals surface area contributed by atoms with Crippen LogP contribution >= 0.6 is 0 Å². The molecule has 2 saturated heterocycles. The predicted molar refractivity (Wildman–Crippen MR) is 159 cm³/mol. The lowest BCUT2D eigenvalue weighted by Crippen LogP contribution is -2.52. The number of hydrogen-bond acceptors (Lipinski definition) is 8. The lowest BCUT2D eigenvalue weighted by atomic mass is 9.94. The number of nitro benzene ring substituents is 1. The summed E-state index contributed by atoms with van der Waals surface area (Å²) in [6.07, 6.45) is 4.71. The minimum atomic E-state index is -0.463. The van der Waals surface area contributed by atoms with Gasteiger partial charge in [0.25, 0.3) is 11.6 Å². The Morgan fingerprint density at radius 3 is 1.98 bits per heavy atom. The molecule has 42 heavy (non-hydrogen) atoms. The van der Waals surface area contributed by atoms with Gasteiger partial charge in [0.05, 0.1) is 33.4 Å². The van der Waals surface area contributed by atoms with E-state index >= 15 is 0 Å². The predicted octanol–water partition coefficient (Wildman–Crippen LogP) is 5.51. The molecular formula is C32H37N3O7. The van der Waals surface area contributed by atoms with E-state index in [1.165, 1.54) is 29.8 Å². The van der Waals surface area contributed by atoms with Gasteiger partial charge in [-0.15, -0.1) is 0 Å². The number of non-ortho nitro benzene ring substituents is 1. The van der Waals surface area contributed by atoms with Crippen LogP contribution in [0.2, 0.25) is 0 Å². The van der Waals surface area contributed by atoms with Gasteiger partial charge in [0, 0.05) is 54.1 Å². The van der Waals surface area contributed by atoms with Gasteiger partial charge < -0.3 is 23.8 Å². The maximum atomic E-state index is 14.1. The molecule has 0 N–H and O–H groups in total. The Morgan fingerprint density at radius 2 is 1.40 bits per heavy atom. The van der Waals surface area contributed by atoms with Gasteiger partial charge in [-0.2, -0.15) is 0 Å². The first-order valence-electron chi connectivity index (χ1n) is 14.1. The fraction of sp³-hybridized carbons (Fsp3) is 0.406. The highest BCUT2D eigenvalue weighted by Crippen LogP contribution is 2.41. The van der Waals surface area contributed by atoms with Crippen LogP contribution in [0.1, 0.15) is 41.6 Å². The van der Waals surface area contributed by atoms with Crippen molar-refractivity contribution in [1.29, 1.82) is 0 Å². The lowest BCUT2D eigenvalue weighted by Gasteiger charge is -2.43. The summed E-state index contributed by atoms with van der Waals surface area (Å²) >= 11 is 0. The number of methoxy groups -OCH3 is 4. The minimum Gasteiger partial charge on any atom is -0.493 e. The maximum absolute atomic E-state index is 14.1. The molecule has 2 atom stereocenters. The summed E-state index contributed by atoms with van der Waals surface area (Å²) in [6, 6.07) is 18.0. The number of hydrogen-bond donors (Lipinski definition) is 0.